The number of rotatable bonds is 10. The molecule has 420 valence electrons. The first-order chi connectivity index (χ1) is 38.1. The lowest BCUT2D eigenvalue weighted by Gasteiger charge is -2.28. The van der Waals surface area contributed by atoms with Crippen molar-refractivity contribution >= 4 is 58.5 Å². The minimum Gasteiger partial charge on any atom is -0.478 e. The first-order valence-electron chi connectivity index (χ1n) is 26.2. The normalized spacial score (nSPS) is 18.3. The molecule has 4 atom stereocenters. The number of amides is 3. The minimum atomic E-state index is -1.01. The van der Waals surface area contributed by atoms with Gasteiger partial charge in [0.15, 0.2) is 0 Å². The number of anilines is 2. The highest BCUT2D eigenvalue weighted by atomic mass is 35.5. The van der Waals surface area contributed by atoms with Gasteiger partial charge in [-0.3, -0.25) is 23.7 Å². The lowest BCUT2D eigenvalue weighted by molar-refractivity contribution is 0.0693. The highest BCUT2D eigenvalue weighted by Crippen LogP contribution is 2.40. The summed E-state index contributed by atoms with van der Waals surface area (Å²) in [7, 11) is 7.17. The number of aromatic carboxylic acids is 1. The van der Waals surface area contributed by atoms with Crippen LogP contribution in [0.5, 0.6) is 0 Å². The predicted molar refractivity (Wildman–Crippen MR) is 293 cm³/mol. The van der Waals surface area contributed by atoms with E-state index in [1.54, 1.807) is 51.1 Å². The van der Waals surface area contributed by atoms with Gasteiger partial charge in [-0.05, 0) is 126 Å². The molecule has 80 heavy (non-hydrogen) atoms. The van der Waals surface area contributed by atoms with Gasteiger partial charge in [0, 0.05) is 74.2 Å². The zero-order valence-electron chi connectivity index (χ0n) is 44.5. The van der Waals surface area contributed by atoms with E-state index in [2.05, 4.69) is 41.2 Å². The lowest BCUT2D eigenvalue weighted by Crippen LogP contribution is -2.41. The molecular weight excluding hydrogens is 1060 g/mol. The Bertz CT molecular complexity index is 3600. The molecule has 0 spiro atoms. The van der Waals surface area contributed by atoms with Crippen molar-refractivity contribution in [3.05, 3.63) is 166 Å². The number of carboxylic acids is 1. The third kappa shape index (κ3) is 11.4. The van der Waals surface area contributed by atoms with Crippen LogP contribution < -0.4 is 25.8 Å². The van der Waals surface area contributed by atoms with E-state index in [4.69, 9.17) is 0 Å². The molecule has 3 amide bonds. The minimum absolute atomic E-state index is 0. The monoisotopic (exact) mass is 1120 g/mol. The number of hydrogen-bond acceptors (Lipinski definition) is 11. The van der Waals surface area contributed by atoms with E-state index in [-0.39, 0.29) is 59.9 Å². The fourth-order valence-electron chi connectivity index (χ4n) is 11.2. The molecule has 24 heteroatoms. The fraction of sp³-hybridized carbons (Fsp3) is 0.357. The van der Waals surface area contributed by atoms with E-state index < -0.39 is 29.2 Å². The maximum atomic E-state index is 14.6. The fourth-order valence-corrected chi connectivity index (χ4v) is 11.2. The van der Waals surface area contributed by atoms with Crippen molar-refractivity contribution in [3.8, 4) is 0 Å². The van der Waals surface area contributed by atoms with Crippen LogP contribution in [0.15, 0.2) is 97.8 Å². The van der Waals surface area contributed by atoms with Crippen LogP contribution in [0.4, 0.5) is 28.9 Å². The molecule has 8 aromatic rings. The molecule has 2 fully saturated rings. The Morgan fingerprint density at radius 2 is 1.01 bits per heavy atom. The van der Waals surface area contributed by atoms with Crippen LogP contribution in [-0.2, 0) is 25.9 Å². The molecule has 2 aromatic carbocycles. The van der Waals surface area contributed by atoms with Gasteiger partial charge in [0.1, 0.15) is 28.8 Å². The summed E-state index contributed by atoms with van der Waals surface area (Å²) < 4.78 is 63.6. The van der Waals surface area contributed by atoms with Gasteiger partial charge in [-0.25, -0.2) is 31.4 Å². The molecule has 4 aliphatic rings. The molecule has 4 aliphatic heterocycles. The lowest BCUT2D eigenvalue weighted by atomic mass is 10.0. The van der Waals surface area contributed by atoms with Crippen LogP contribution >= 0.6 is 12.4 Å². The average molecular weight is 1120 g/mol. The summed E-state index contributed by atoms with van der Waals surface area (Å²) >= 11 is 0. The number of halogens is 5. The van der Waals surface area contributed by atoms with Crippen LogP contribution in [0.3, 0.4) is 0 Å². The van der Waals surface area contributed by atoms with Crippen molar-refractivity contribution in [3.63, 3.8) is 0 Å². The third-order valence-electron chi connectivity index (χ3n) is 15.0. The predicted octanol–water partition coefficient (Wildman–Crippen LogP) is 7.45. The number of aromatic nitrogens is 8. The Kier molecular flexibility index (Phi) is 16.9. The Morgan fingerprint density at radius 1 is 0.588 bits per heavy atom. The van der Waals surface area contributed by atoms with Gasteiger partial charge in [0.25, 0.3) is 17.7 Å². The standard InChI is InChI=1S/C28H29F2N7O2.C26H24F2N6O3.C2H7N.ClH/c1-34(2)28(39)22-15-32-37-16-18(6-8-25(22)37)33-27(38)21-14-31-36-11-9-19(13-26(21)36)35-10-3-4-24(35)20-12-17(29)5-7-23(20)30;27-15-3-5-21(28)18(10-15)22-2-1-8-32(22)17-7-9-33-24(11-17)19(12-29-33)25(35)31-16-4-6-23-20(26(36)37)13-30-34(23)14-16;1-3-2;/h5,7,9,11-15,18,24H,3-4,6,8,10,16H2,1-2H3,(H,33,38);3,5,7,9-13,16,22H,1-2,4,6,8,14H2,(H,31,35)(H,36,37);3H,1-2H3;1H/t18?,24-;16?,22-;;/m11../s1. The van der Waals surface area contributed by atoms with Crippen molar-refractivity contribution in [1.29, 1.82) is 0 Å². The summed E-state index contributed by atoms with van der Waals surface area (Å²) in [5.74, 6) is -3.43. The van der Waals surface area contributed by atoms with E-state index in [1.165, 1.54) is 41.7 Å². The molecule has 4 N–H and O–H groups in total. The summed E-state index contributed by atoms with van der Waals surface area (Å²) in [5, 5.41) is 35.4. The van der Waals surface area contributed by atoms with Crippen molar-refractivity contribution in [2.75, 3.05) is 51.1 Å². The van der Waals surface area contributed by atoms with Gasteiger partial charge in [0.2, 0.25) is 0 Å². The average Bonchev–Trinajstić information content (AvgIpc) is 4.35. The van der Waals surface area contributed by atoms with E-state index in [0.29, 0.717) is 109 Å². The summed E-state index contributed by atoms with van der Waals surface area (Å²) in [6.07, 6.45) is 15.0. The number of hydrogen-bond donors (Lipinski definition) is 4. The largest absolute Gasteiger partial charge is 0.478 e. The van der Waals surface area contributed by atoms with E-state index in [1.807, 2.05) is 43.3 Å². The van der Waals surface area contributed by atoms with Crippen LogP contribution in [0, 0.1) is 23.3 Å². The topological polar surface area (TPSA) is 205 Å². The molecular formula is C56H61ClF4N14O5. The number of carbonyl (C=O) groups excluding carboxylic acids is 3. The second kappa shape index (κ2) is 24.0. The quantitative estimate of drug-likeness (QED) is 0.0987. The molecule has 0 radical (unpaired) electrons. The van der Waals surface area contributed by atoms with E-state index >= 15 is 0 Å². The molecule has 2 saturated heterocycles. The Labute approximate surface area is 463 Å². The number of nitrogens with one attached hydrogen (secondary N) is 3. The molecule has 10 heterocycles. The maximum Gasteiger partial charge on any atom is 0.339 e. The van der Waals surface area contributed by atoms with Gasteiger partial charge in [0.05, 0.1) is 89.1 Å². The van der Waals surface area contributed by atoms with Crippen LogP contribution in [0.25, 0.3) is 11.0 Å². The highest BCUT2D eigenvalue weighted by molar-refractivity contribution is 6.02. The van der Waals surface area contributed by atoms with Gasteiger partial charge in [-0.2, -0.15) is 20.4 Å². The zero-order chi connectivity index (χ0) is 55.6. The van der Waals surface area contributed by atoms with Gasteiger partial charge >= 0.3 is 5.97 Å². The van der Waals surface area contributed by atoms with Gasteiger partial charge in [-0.1, -0.05) is 0 Å². The van der Waals surface area contributed by atoms with Gasteiger partial charge < -0.3 is 35.8 Å². The second-order valence-electron chi connectivity index (χ2n) is 20.4. The second-order valence-corrected chi connectivity index (χ2v) is 20.4. The molecule has 2 unspecified atom stereocenters. The SMILES string of the molecule is CN(C)C(=O)c1cnn2c1CCC(NC(=O)c1cnn3ccc(N4CCC[C@@H]4c4cc(F)ccc4F)cc13)C2.CNC.Cl.O=C(O)c1cnn2c1CCC(NC(=O)c1cnn3ccc(N4CCC[C@@H]4c4cc(F)ccc4F)cc13)C2. The van der Waals surface area contributed by atoms with E-state index in [9.17, 15) is 41.8 Å². The summed E-state index contributed by atoms with van der Waals surface area (Å²) in [5.41, 5.74) is 6.67. The molecule has 0 bridgehead atoms. The Hall–Kier alpha value is -8.31. The van der Waals surface area contributed by atoms with E-state index in [0.717, 1.165) is 48.1 Å². The number of fused-ring (bicyclic) bond motifs is 4. The molecule has 12 rings (SSSR count). The molecule has 6 aromatic heterocycles. The van der Waals surface area contributed by atoms with Gasteiger partial charge in [-0.15, -0.1) is 12.4 Å². The summed E-state index contributed by atoms with van der Waals surface area (Å²) in [4.78, 5) is 56.0. The number of benzene rings is 2. The first kappa shape index (κ1) is 56.4. The van der Waals surface area contributed by atoms with Crippen molar-refractivity contribution in [1.82, 2.24) is 59.6 Å². The number of carbonyl (C=O) groups is 4. The van der Waals surface area contributed by atoms with Crippen LogP contribution in [0.2, 0.25) is 0 Å². The number of carboxylic acid groups (broad SMARTS) is 1. The Balaban J connectivity index is 0.000000183. The highest BCUT2D eigenvalue weighted by Gasteiger charge is 2.33. The molecule has 0 saturated carbocycles. The zero-order valence-corrected chi connectivity index (χ0v) is 45.3. The van der Waals surface area contributed by atoms with Crippen molar-refractivity contribution in [2.24, 2.45) is 0 Å². The summed E-state index contributed by atoms with van der Waals surface area (Å²) in [6, 6.07) is 13.6. The number of pyridine rings is 2. The maximum absolute atomic E-state index is 14.6. The summed E-state index contributed by atoms with van der Waals surface area (Å²) in [6.45, 7) is 2.23. The third-order valence-corrected chi connectivity index (χ3v) is 15.0. The Morgan fingerprint density at radius 3 is 1.45 bits per heavy atom. The van der Waals surface area contributed by atoms with Crippen molar-refractivity contribution in [2.45, 2.75) is 88.6 Å². The smallest absolute Gasteiger partial charge is 0.339 e. The van der Waals surface area contributed by atoms with Crippen molar-refractivity contribution < 1.29 is 41.8 Å². The number of nitrogens with zero attached hydrogens (tertiary/aromatic N) is 11. The first-order valence-corrected chi connectivity index (χ1v) is 26.2. The molecule has 0 aliphatic carbocycles. The van der Waals surface area contributed by atoms with Crippen LogP contribution in [0.1, 0.15) is 115 Å². The molecule has 19 nitrogen and oxygen atoms in total. The van der Waals surface area contributed by atoms with Crippen LogP contribution in [-0.4, -0.2) is 126 Å².